The molecule has 1 fully saturated rings. The zero-order valence-electron chi connectivity index (χ0n) is 14.7. The van der Waals surface area contributed by atoms with E-state index in [0.717, 1.165) is 43.3 Å². The van der Waals surface area contributed by atoms with Gasteiger partial charge >= 0.3 is 0 Å². The van der Waals surface area contributed by atoms with Gasteiger partial charge in [0.05, 0.1) is 11.4 Å². The van der Waals surface area contributed by atoms with E-state index >= 15 is 0 Å². The maximum atomic E-state index is 13.8. The van der Waals surface area contributed by atoms with Crippen LogP contribution in [0.1, 0.15) is 18.1 Å². The smallest absolute Gasteiger partial charge is 0.133 e. The van der Waals surface area contributed by atoms with Gasteiger partial charge in [-0.2, -0.15) is 0 Å². The summed E-state index contributed by atoms with van der Waals surface area (Å²) in [5, 5.41) is 3.47. The maximum absolute atomic E-state index is 13.8. The van der Waals surface area contributed by atoms with Gasteiger partial charge < -0.3 is 15.1 Å². The zero-order chi connectivity index (χ0) is 17.4. The van der Waals surface area contributed by atoms with E-state index < -0.39 is 0 Å². The number of halogens is 1. The summed E-state index contributed by atoms with van der Waals surface area (Å²) in [5.41, 5.74) is 3.55. The third-order valence-electron chi connectivity index (χ3n) is 4.90. The SMILES string of the molecule is Cc1ccc(C2=CCN3C=C(N4CCN[C@@H](C)C4)C=CC3=N2)cc1F. The van der Waals surface area contributed by atoms with E-state index in [1.807, 2.05) is 6.07 Å². The maximum Gasteiger partial charge on any atom is 0.133 e. The monoisotopic (exact) mass is 338 g/mol. The lowest BCUT2D eigenvalue weighted by atomic mass is 10.1. The van der Waals surface area contributed by atoms with Crippen molar-refractivity contribution in [1.29, 1.82) is 0 Å². The minimum absolute atomic E-state index is 0.185. The summed E-state index contributed by atoms with van der Waals surface area (Å²) in [6, 6.07) is 5.80. The molecule has 4 nitrogen and oxygen atoms in total. The standard InChI is InChI=1S/C20H23FN4/c1-14-3-4-16(11-18(14)21)19-7-9-25-13-17(5-6-20(25)23-19)24-10-8-22-15(2)12-24/h3-7,11,13,15,22H,8-10,12H2,1-2H3/t15-/m0/s1. The van der Waals surface area contributed by atoms with E-state index in [9.17, 15) is 4.39 Å². The van der Waals surface area contributed by atoms with E-state index in [1.54, 1.807) is 19.1 Å². The second-order valence-corrected chi connectivity index (χ2v) is 6.86. The van der Waals surface area contributed by atoms with Crippen LogP contribution in [0.4, 0.5) is 4.39 Å². The molecule has 1 aromatic carbocycles. The van der Waals surface area contributed by atoms with Crippen LogP contribution in [-0.4, -0.2) is 47.9 Å². The van der Waals surface area contributed by atoms with E-state index in [4.69, 9.17) is 4.99 Å². The second kappa shape index (κ2) is 6.48. The van der Waals surface area contributed by atoms with E-state index in [2.05, 4.69) is 46.5 Å². The molecule has 0 spiro atoms. The minimum Gasteiger partial charge on any atom is -0.368 e. The van der Waals surface area contributed by atoms with Crippen LogP contribution in [-0.2, 0) is 0 Å². The average Bonchev–Trinajstić information content (AvgIpc) is 2.63. The average molecular weight is 338 g/mol. The molecule has 0 bridgehead atoms. The minimum atomic E-state index is -0.185. The summed E-state index contributed by atoms with van der Waals surface area (Å²) in [4.78, 5) is 9.27. The lowest BCUT2D eigenvalue weighted by molar-refractivity contribution is 0.258. The first-order valence-electron chi connectivity index (χ1n) is 8.80. The van der Waals surface area contributed by atoms with Gasteiger partial charge in [-0.3, -0.25) is 0 Å². The predicted molar refractivity (Wildman–Crippen MR) is 99.5 cm³/mol. The number of rotatable bonds is 2. The Morgan fingerprint density at radius 3 is 2.96 bits per heavy atom. The molecule has 0 aromatic heterocycles. The van der Waals surface area contributed by atoms with E-state index in [0.29, 0.717) is 11.6 Å². The number of nitrogens with one attached hydrogen (secondary N) is 1. The number of fused-ring (bicyclic) bond motifs is 1. The molecule has 0 amide bonds. The Labute approximate surface area is 148 Å². The largest absolute Gasteiger partial charge is 0.368 e. The van der Waals surface area contributed by atoms with Crippen molar-refractivity contribution in [2.45, 2.75) is 19.9 Å². The van der Waals surface area contributed by atoms with Crippen molar-refractivity contribution >= 4 is 11.5 Å². The molecule has 0 unspecified atom stereocenters. The van der Waals surface area contributed by atoms with Crippen LogP contribution in [0.5, 0.6) is 0 Å². The van der Waals surface area contributed by atoms with Gasteiger partial charge in [0.15, 0.2) is 0 Å². The van der Waals surface area contributed by atoms with Crippen molar-refractivity contribution in [2.75, 3.05) is 26.2 Å². The molecule has 5 heteroatoms. The van der Waals surface area contributed by atoms with Crippen molar-refractivity contribution in [2.24, 2.45) is 4.99 Å². The Morgan fingerprint density at radius 2 is 2.16 bits per heavy atom. The Bertz CT molecular complexity index is 806. The number of aryl methyl sites for hydroxylation is 1. The summed E-state index contributed by atoms with van der Waals surface area (Å²) in [5.74, 6) is 0.723. The second-order valence-electron chi connectivity index (χ2n) is 6.86. The zero-order valence-corrected chi connectivity index (χ0v) is 14.7. The first-order valence-corrected chi connectivity index (χ1v) is 8.80. The van der Waals surface area contributed by atoms with Gasteiger partial charge in [0.25, 0.3) is 0 Å². The number of hydrogen-bond acceptors (Lipinski definition) is 4. The molecular weight excluding hydrogens is 315 g/mol. The molecular formula is C20H23FN4. The Balaban J connectivity index is 1.53. The molecule has 1 saturated heterocycles. The number of piperazine rings is 1. The highest BCUT2D eigenvalue weighted by molar-refractivity contribution is 6.00. The summed E-state index contributed by atoms with van der Waals surface area (Å²) in [6.07, 6.45) is 8.41. The normalized spacial score (nSPS) is 23.0. The van der Waals surface area contributed by atoms with Gasteiger partial charge in [-0.25, -0.2) is 9.38 Å². The quantitative estimate of drug-likeness (QED) is 0.900. The van der Waals surface area contributed by atoms with Gasteiger partial charge in [0, 0.05) is 44.0 Å². The summed E-state index contributed by atoms with van der Waals surface area (Å²) < 4.78 is 13.8. The lowest BCUT2D eigenvalue weighted by Gasteiger charge is -2.37. The fourth-order valence-corrected chi connectivity index (χ4v) is 3.41. The highest BCUT2D eigenvalue weighted by atomic mass is 19.1. The molecule has 1 N–H and O–H groups in total. The van der Waals surface area contributed by atoms with E-state index in [1.165, 1.54) is 5.70 Å². The molecule has 0 saturated carbocycles. The van der Waals surface area contributed by atoms with Gasteiger partial charge in [0.1, 0.15) is 11.7 Å². The highest BCUT2D eigenvalue weighted by Gasteiger charge is 2.22. The van der Waals surface area contributed by atoms with Gasteiger partial charge in [0.2, 0.25) is 0 Å². The van der Waals surface area contributed by atoms with Crippen molar-refractivity contribution < 1.29 is 4.39 Å². The number of benzene rings is 1. The Morgan fingerprint density at radius 1 is 1.28 bits per heavy atom. The molecule has 0 radical (unpaired) electrons. The number of hydrogen-bond donors (Lipinski definition) is 1. The van der Waals surface area contributed by atoms with E-state index in [-0.39, 0.29) is 5.82 Å². The first kappa shape index (κ1) is 16.1. The third-order valence-corrected chi connectivity index (χ3v) is 4.90. The molecule has 25 heavy (non-hydrogen) atoms. The third kappa shape index (κ3) is 3.24. The molecule has 0 aliphatic carbocycles. The molecule has 3 heterocycles. The fraction of sp³-hybridized carbons (Fsp3) is 0.350. The topological polar surface area (TPSA) is 30.9 Å². The number of amidine groups is 1. The summed E-state index contributed by atoms with van der Waals surface area (Å²) >= 11 is 0. The van der Waals surface area contributed by atoms with Crippen LogP contribution >= 0.6 is 0 Å². The first-order chi connectivity index (χ1) is 12.1. The van der Waals surface area contributed by atoms with Gasteiger partial charge in [-0.05, 0) is 43.7 Å². The van der Waals surface area contributed by atoms with Crippen molar-refractivity contribution in [3.8, 4) is 0 Å². The molecule has 4 rings (SSSR count). The molecule has 130 valence electrons. The highest BCUT2D eigenvalue weighted by Crippen LogP contribution is 2.25. The molecule has 1 aromatic rings. The predicted octanol–water partition coefficient (Wildman–Crippen LogP) is 2.89. The van der Waals surface area contributed by atoms with Crippen LogP contribution in [0.2, 0.25) is 0 Å². The number of aliphatic imine (C=N–C) groups is 1. The van der Waals surface area contributed by atoms with Crippen LogP contribution in [0, 0.1) is 12.7 Å². The Kier molecular flexibility index (Phi) is 4.17. The summed E-state index contributed by atoms with van der Waals surface area (Å²) in [7, 11) is 0. The lowest BCUT2D eigenvalue weighted by Crippen LogP contribution is -2.49. The molecule has 1 atom stereocenters. The fourth-order valence-electron chi connectivity index (χ4n) is 3.41. The van der Waals surface area contributed by atoms with Crippen LogP contribution in [0.15, 0.2) is 53.3 Å². The van der Waals surface area contributed by atoms with Crippen LogP contribution in [0.3, 0.4) is 0 Å². The summed E-state index contributed by atoms with van der Waals surface area (Å²) in [6.45, 7) is 7.78. The van der Waals surface area contributed by atoms with Crippen molar-refractivity contribution in [3.63, 3.8) is 0 Å². The number of nitrogens with zero attached hydrogens (tertiary/aromatic N) is 3. The van der Waals surface area contributed by atoms with Gasteiger partial charge in [-0.15, -0.1) is 0 Å². The molecule has 3 aliphatic rings. The van der Waals surface area contributed by atoms with Crippen LogP contribution in [0.25, 0.3) is 5.70 Å². The van der Waals surface area contributed by atoms with Crippen molar-refractivity contribution in [1.82, 2.24) is 15.1 Å². The van der Waals surface area contributed by atoms with Crippen molar-refractivity contribution in [3.05, 3.63) is 65.3 Å². The Hall–Kier alpha value is -2.40. The molecule has 3 aliphatic heterocycles. The van der Waals surface area contributed by atoms with Gasteiger partial charge in [-0.1, -0.05) is 12.1 Å². The van der Waals surface area contributed by atoms with Crippen LogP contribution < -0.4 is 5.32 Å². The number of allylic oxidation sites excluding steroid dienone is 1.